The lowest BCUT2D eigenvalue weighted by atomic mass is 9.62. The maximum Gasteiger partial charge on any atom is 0.328 e. The summed E-state index contributed by atoms with van der Waals surface area (Å²) in [4.78, 5) is 34.4. The molecule has 1 spiro atoms. The molecule has 2 aromatic heterocycles. The summed E-state index contributed by atoms with van der Waals surface area (Å²) in [5.74, 6) is 0.476. The Morgan fingerprint density at radius 3 is 2.69 bits per heavy atom. The number of aromatic nitrogens is 3. The molecule has 1 N–H and O–H groups in total. The van der Waals surface area contributed by atoms with Crippen molar-refractivity contribution in [2.75, 3.05) is 6.61 Å². The molecule has 1 aromatic carbocycles. The largest absolute Gasteiger partial charge is 0.464 e. The molecule has 8 heteroatoms. The molecule has 0 aliphatic heterocycles. The van der Waals surface area contributed by atoms with Crippen molar-refractivity contribution in [2.24, 2.45) is 5.41 Å². The minimum absolute atomic E-state index is 0.169. The maximum absolute atomic E-state index is 12.8. The van der Waals surface area contributed by atoms with E-state index in [1.807, 2.05) is 41.0 Å². The number of ketones is 1. The standard InChI is InChI=1S/C28H29N5O3/c1-2-36-27(35)22(31-23-18-24(34)28(23)13-4-3-5-14-28)17-19-8-10-20(11-9-19)33-25(12-15-29)32-21-7-6-16-30-26(21)33/h6-11,16,18,22,31H,2-5,12-14,17H2,1H3/t22-/m0/s1. The fraction of sp³-hybridized carbons (Fsp3) is 0.393. The highest BCUT2D eigenvalue weighted by Crippen LogP contribution is 2.48. The van der Waals surface area contributed by atoms with Gasteiger partial charge in [0.25, 0.3) is 0 Å². The number of pyridine rings is 1. The molecule has 1 fully saturated rings. The predicted molar refractivity (Wildman–Crippen MR) is 134 cm³/mol. The molecule has 2 aliphatic rings. The fourth-order valence-electron chi connectivity index (χ4n) is 5.37. The van der Waals surface area contributed by atoms with E-state index in [2.05, 4.69) is 21.4 Å². The van der Waals surface area contributed by atoms with E-state index in [9.17, 15) is 14.9 Å². The number of nitrogens with zero attached hydrogens (tertiary/aromatic N) is 4. The molecule has 8 nitrogen and oxygen atoms in total. The van der Waals surface area contributed by atoms with Crippen molar-refractivity contribution >= 4 is 22.9 Å². The molecule has 36 heavy (non-hydrogen) atoms. The van der Waals surface area contributed by atoms with E-state index in [1.54, 1.807) is 19.2 Å². The van der Waals surface area contributed by atoms with E-state index in [1.165, 1.54) is 0 Å². The number of hydrogen-bond acceptors (Lipinski definition) is 7. The molecule has 0 bridgehead atoms. The molecule has 2 aliphatic carbocycles. The number of hydrogen-bond donors (Lipinski definition) is 1. The summed E-state index contributed by atoms with van der Waals surface area (Å²) in [5, 5.41) is 12.6. The number of benzene rings is 1. The molecule has 1 atom stereocenters. The third-order valence-electron chi connectivity index (χ3n) is 7.23. The van der Waals surface area contributed by atoms with E-state index in [-0.39, 0.29) is 18.2 Å². The molecular formula is C28H29N5O3. The molecule has 5 rings (SSSR count). The number of nitrogens with one attached hydrogen (secondary N) is 1. The van der Waals surface area contributed by atoms with Gasteiger partial charge in [-0.1, -0.05) is 31.4 Å². The molecule has 0 unspecified atom stereocenters. The van der Waals surface area contributed by atoms with E-state index >= 15 is 0 Å². The lowest BCUT2D eigenvalue weighted by molar-refractivity contribution is -0.146. The molecule has 184 valence electrons. The maximum atomic E-state index is 12.8. The zero-order valence-electron chi connectivity index (χ0n) is 20.4. The van der Waals surface area contributed by atoms with Gasteiger partial charge in [-0.3, -0.25) is 9.36 Å². The summed E-state index contributed by atoms with van der Waals surface area (Å²) < 4.78 is 7.25. The van der Waals surface area contributed by atoms with Crippen molar-refractivity contribution in [3.8, 4) is 11.8 Å². The van der Waals surface area contributed by atoms with Crippen molar-refractivity contribution in [2.45, 2.75) is 57.9 Å². The number of rotatable bonds is 8. The van der Waals surface area contributed by atoms with E-state index in [0.29, 0.717) is 24.5 Å². The Hall–Kier alpha value is -3.99. The topological polar surface area (TPSA) is 110 Å². The highest BCUT2D eigenvalue weighted by molar-refractivity contribution is 6.05. The monoisotopic (exact) mass is 483 g/mol. The number of allylic oxidation sites excluding steroid dienone is 2. The Balaban J connectivity index is 1.39. The van der Waals surface area contributed by atoms with Gasteiger partial charge in [-0.15, -0.1) is 0 Å². The van der Waals surface area contributed by atoms with Crippen LogP contribution in [0.5, 0.6) is 0 Å². The van der Waals surface area contributed by atoms with Gasteiger partial charge in [-0.2, -0.15) is 5.26 Å². The van der Waals surface area contributed by atoms with Gasteiger partial charge in [0.05, 0.1) is 24.5 Å². The van der Waals surface area contributed by atoms with Crippen LogP contribution in [0.3, 0.4) is 0 Å². The second-order valence-corrected chi connectivity index (χ2v) is 9.43. The van der Waals surface area contributed by atoms with Crippen molar-refractivity contribution < 1.29 is 14.3 Å². The van der Waals surface area contributed by atoms with Gasteiger partial charge in [0, 0.05) is 30.1 Å². The van der Waals surface area contributed by atoms with Crippen LogP contribution < -0.4 is 5.32 Å². The van der Waals surface area contributed by atoms with Crippen LogP contribution in [-0.2, 0) is 27.2 Å². The highest BCUT2D eigenvalue weighted by atomic mass is 16.5. The van der Waals surface area contributed by atoms with Crippen LogP contribution in [0, 0.1) is 16.7 Å². The first kappa shape index (κ1) is 23.7. The minimum atomic E-state index is -0.584. The summed E-state index contributed by atoms with van der Waals surface area (Å²) in [6.07, 6.45) is 8.84. The van der Waals surface area contributed by atoms with Crippen molar-refractivity contribution in [3.05, 3.63) is 65.8 Å². The molecule has 0 radical (unpaired) electrons. The summed E-state index contributed by atoms with van der Waals surface area (Å²) in [5.41, 5.74) is 3.66. The number of nitriles is 1. The van der Waals surface area contributed by atoms with Gasteiger partial charge < -0.3 is 10.1 Å². The Labute approximate surface area is 210 Å². The van der Waals surface area contributed by atoms with Gasteiger partial charge in [-0.05, 0) is 49.6 Å². The van der Waals surface area contributed by atoms with Crippen LogP contribution >= 0.6 is 0 Å². The summed E-state index contributed by atoms with van der Waals surface area (Å²) >= 11 is 0. The molecular weight excluding hydrogens is 454 g/mol. The SMILES string of the molecule is CCOC(=O)[C@H](Cc1ccc(-n2c(CC#N)nc3cccnc32)cc1)NC1=CC(=O)C12CCCCC2. The quantitative estimate of drug-likeness (QED) is 0.483. The fourth-order valence-corrected chi connectivity index (χ4v) is 5.37. The van der Waals surface area contributed by atoms with Gasteiger partial charge >= 0.3 is 5.97 Å². The molecule has 3 aromatic rings. The smallest absolute Gasteiger partial charge is 0.328 e. The lowest BCUT2D eigenvalue weighted by Crippen LogP contribution is -2.52. The zero-order chi connectivity index (χ0) is 25.1. The van der Waals surface area contributed by atoms with Crippen molar-refractivity contribution in [3.63, 3.8) is 0 Å². The number of fused-ring (bicyclic) bond motifs is 1. The number of esters is 1. The number of carbonyl (C=O) groups excluding carboxylic acids is 2. The van der Waals surface area contributed by atoms with Crippen LogP contribution in [0.1, 0.15) is 50.4 Å². The van der Waals surface area contributed by atoms with Crippen LogP contribution in [-0.4, -0.2) is 38.9 Å². The van der Waals surface area contributed by atoms with Crippen LogP contribution in [0.15, 0.2) is 54.4 Å². The van der Waals surface area contributed by atoms with E-state index in [0.717, 1.165) is 54.6 Å². The van der Waals surface area contributed by atoms with Gasteiger partial charge in [0.2, 0.25) is 0 Å². The number of imidazole rings is 1. The first-order chi connectivity index (χ1) is 17.6. The number of ether oxygens (including phenoxy) is 1. The van der Waals surface area contributed by atoms with Gasteiger partial charge in [-0.25, -0.2) is 14.8 Å². The molecule has 1 saturated carbocycles. The Morgan fingerprint density at radius 1 is 1.22 bits per heavy atom. The third-order valence-corrected chi connectivity index (χ3v) is 7.23. The molecule has 2 heterocycles. The average Bonchev–Trinajstić information content (AvgIpc) is 3.27. The second-order valence-electron chi connectivity index (χ2n) is 9.43. The van der Waals surface area contributed by atoms with Crippen LogP contribution in [0.4, 0.5) is 0 Å². The Kier molecular flexibility index (Phi) is 6.55. The highest BCUT2D eigenvalue weighted by Gasteiger charge is 2.49. The molecule has 0 amide bonds. The van der Waals surface area contributed by atoms with Crippen LogP contribution in [0.25, 0.3) is 16.9 Å². The van der Waals surface area contributed by atoms with E-state index < -0.39 is 11.5 Å². The predicted octanol–water partition coefficient (Wildman–Crippen LogP) is 3.97. The summed E-state index contributed by atoms with van der Waals surface area (Å²) in [6, 6.07) is 13.1. The third kappa shape index (κ3) is 4.26. The van der Waals surface area contributed by atoms with Gasteiger partial charge in [0.1, 0.15) is 17.4 Å². The van der Waals surface area contributed by atoms with Gasteiger partial charge in [0.15, 0.2) is 11.4 Å². The normalized spacial score (nSPS) is 17.2. The Bertz CT molecular complexity index is 1360. The van der Waals surface area contributed by atoms with Crippen molar-refractivity contribution in [1.82, 2.24) is 19.9 Å². The minimum Gasteiger partial charge on any atom is -0.464 e. The second kappa shape index (κ2) is 9.94. The van der Waals surface area contributed by atoms with Crippen LogP contribution in [0.2, 0.25) is 0 Å². The first-order valence-electron chi connectivity index (χ1n) is 12.5. The Morgan fingerprint density at radius 2 is 2.00 bits per heavy atom. The first-order valence-corrected chi connectivity index (χ1v) is 12.5. The lowest BCUT2D eigenvalue weighted by Gasteiger charge is -2.44. The average molecular weight is 484 g/mol. The van der Waals surface area contributed by atoms with Crippen molar-refractivity contribution in [1.29, 1.82) is 5.26 Å². The zero-order valence-corrected chi connectivity index (χ0v) is 20.4. The number of carbonyl (C=O) groups is 2. The molecule has 0 saturated heterocycles. The summed E-state index contributed by atoms with van der Waals surface area (Å²) in [7, 11) is 0. The summed E-state index contributed by atoms with van der Waals surface area (Å²) in [6.45, 7) is 2.09. The van der Waals surface area contributed by atoms with E-state index in [4.69, 9.17) is 4.74 Å².